The molecule has 36 heavy (non-hydrogen) atoms. The van der Waals surface area contributed by atoms with Gasteiger partial charge in [0.05, 0.1) is 31.2 Å². The Morgan fingerprint density at radius 3 is 2.33 bits per heavy atom. The van der Waals surface area contributed by atoms with E-state index in [-0.39, 0.29) is 23.2 Å². The number of amides is 1. The quantitative estimate of drug-likeness (QED) is 0.436. The number of ether oxygens (including phenoxy) is 1. The van der Waals surface area contributed by atoms with Crippen molar-refractivity contribution in [2.45, 2.75) is 19.5 Å². The van der Waals surface area contributed by atoms with Gasteiger partial charge in [-0.25, -0.2) is 4.68 Å². The molecule has 1 atom stereocenters. The Balaban J connectivity index is 1.50. The number of nitrogens with one attached hydrogen (secondary N) is 1. The maximum absolute atomic E-state index is 13.7. The van der Waals surface area contributed by atoms with E-state index in [0.717, 1.165) is 29.8 Å². The second kappa shape index (κ2) is 10.8. The highest BCUT2D eigenvalue weighted by Crippen LogP contribution is 2.19. The first-order chi connectivity index (χ1) is 17.6. The van der Waals surface area contributed by atoms with E-state index in [1.807, 2.05) is 49.4 Å². The van der Waals surface area contributed by atoms with Crippen LogP contribution in [-0.2, 0) is 11.3 Å². The lowest BCUT2D eigenvalue weighted by molar-refractivity contribution is 0.0332. The van der Waals surface area contributed by atoms with Crippen molar-refractivity contribution in [3.63, 3.8) is 0 Å². The number of nitrogens with zero attached hydrogens (tertiary/aromatic N) is 3. The Morgan fingerprint density at radius 1 is 0.944 bits per heavy atom. The summed E-state index contributed by atoms with van der Waals surface area (Å²) in [5.74, 6) is -0.299. The van der Waals surface area contributed by atoms with Crippen molar-refractivity contribution in [3.8, 4) is 0 Å². The van der Waals surface area contributed by atoms with E-state index in [0.29, 0.717) is 37.1 Å². The fourth-order valence-corrected chi connectivity index (χ4v) is 4.57. The van der Waals surface area contributed by atoms with E-state index < -0.39 is 0 Å². The third-order valence-electron chi connectivity index (χ3n) is 6.59. The molecule has 0 radical (unpaired) electrons. The summed E-state index contributed by atoms with van der Waals surface area (Å²) in [4.78, 5) is 29.2. The number of hydrogen-bond acceptors (Lipinski definition) is 5. The average Bonchev–Trinajstić information content (AvgIpc) is 2.91. The summed E-state index contributed by atoms with van der Waals surface area (Å²) in [6, 6.07) is 24.8. The van der Waals surface area contributed by atoms with E-state index in [2.05, 4.69) is 39.6 Å². The molecule has 0 saturated carbocycles. The standard InChI is InChI=1S/C29H30N4O3/c1-21-11-13-23(14-12-21)26(20-32-15-17-36-18-16-32)30-28(34)27-24-9-5-6-10-25(24)29(35)33(31-27)19-22-7-3-2-4-8-22/h2-14,26H,15-20H2,1H3,(H,30,34)/t26-/m0/s1. The molecule has 3 aromatic carbocycles. The smallest absolute Gasteiger partial charge is 0.274 e. The van der Waals surface area contributed by atoms with Gasteiger partial charge in [0.2, 0.25) is 0 Å². The van der Waals surface area contributed by atoms with Gasteiger partial charge in [0.1, 0.15) is 0 Å². The summed E-state index contributed by atoms with van der Waals surface area (Å²) in [5.41, 5.74) is 3.17. The molecule has 0 unspecified atom stereocenters. The highest BCUT2D eigenvalue weighted by molar-refractivity contribution is 6.04. The van der Waals surface area contributed by atoms with Gasteiger partial charge in [-0.3, -0.25) is 14.5 Å². The number of carbonyl (C=O) groups is 1. The lowest BCUT2D eigenvalue weighted by Crippen LogP contribution is -2.43. The first-order valence-corrected chi connectivity index (χ1v) is 12.3. The van der Waals surface area contributed by atoms with Crippen LogP contribution in [0.3, 0.4) is 0 Å². The normalized spacial score (nSPS) is 15.0. The minimum atomic E-state index is -0.299. The number of hydrogen-bond donors (Lipinski definition) is 1. The molecule has 7 nitrogen and oxygen atoms in total. The average molecular weight is 483 g/mol. The van der Waals surface area contributed by atoms with Crippen LogP contribution in [0.4, 0.5) is 0 Å². The predicted octanol–water partition coefficient (Wildman–Crippen LogP) is 3.56. The fraction of sp³-hybridized carbons (Fsp3) is 0.276. The van der Waals surface area contributed by atoms with Crippen LogP contribution in [-0.4, -0.2) is 53.4 Å². The van der Waals surface area contributed by atoms with Crippen molar-refractivity contribution in [1.82, 2.24) is 20.0 Å². The molecule has 4 aromatic rings. The van der Waals surface area contributed by atoms with Gasteiger partial charge < -0.3 is 10.1 Å². The third kappa shape index (κ3) is 5.37. The molecule has 0 bridgehead atoms. The second-order valence-electron chi connectivity index (χ2n) is 9.19. The Hall–Kier alpha value is -3.81. The molecule has 1 saturated heterocycles. The van der Waals surface area contributed by atoms with Gasteiger partial charge in [-0.1, -0.05) is 78.4 Å². The zero-order valence-corrected chi connectivity index (χ0v) is 20.4. The molecule has 1 fully saturated rings. The Kier molecular flexibility index (Phi) is 7.21. The molecule has 7 heteroatoms. The lowest BCUT2D eigenvalue weighted by atomic mass is 10.0. The molecule has 0 spiro atoms. The van der Waals surface area contributed by atoms with Crippen molar-refractivity contribution in [1.29, 1.82) is 0 Å². The van der Waals surface area contributed by atoms with Crippen LogP contribution in [0.5, 0.6) is 0 Å². The molecule has 0 aliphatic carbocycles. The Labute approximate surface area is 210 Å². The van der Waals surface area contributed by atoms with Gasteiger partial charge in [0.25, 0.3) is 11.5 Å². The summed E-state index contributed by atoms with van der Waals surface area (Å²) in [6.45, 7) is 6.02. The fourth-order valence-electron chi connectivity index (χ4n) is 4.57. The van der Waals surface area contributed by atoms with Gasteiger partial charge >= 0.3 is 0 Å². The molecule has 184 valence electrons. The van der Waals surface area contributed by atoms with Crippen LogP contribution in [0.15, 0.2) is 83.7 Å². The monoisotopic (exact) mass is 482 g/mol. The van der Waals surface area contributed by atoms with E-state index in [1.165, 1.54) is 4.68 Å². The number of morpholine rings is 1. The summed E-state index contributed by atoms with van der Waals surface area (Å²) < 4.78 is 6.89. The van der Waals surface area contributed by atoms with Gasteiger partial charge in [-0.05, 0) is 24.1 Å². The Morgan fingerprint density at radius 2 is 1.61 bits per heavy atom. The number of aromatic nitrogens is 2. The minimum absolute atomic E-state index is 0.214. The van der Waals surface area contributed by atoms with Crippen LogP contribution < -0.4 is 10.9 Å². The first-order valence-electron chi connectivity index (χ1n) is 12.3. The van der Waals surface area contributed by atoms with Crippen LogP contribution in [0.2, 0.25) is 0 Å². The van der Waals surface area contributed by atoms with Gasteiger partial charge in [0.15, 0.2) is 5.69 Å². The maximum atomic E-state index is 13.7. The van der Waals surface area contributed by atoms with E-state index in [9.17, 15) is 9.59 Å². The van der Waals surface area contributed by atoms with E-state index in [4.69, 9.17) is 4.74 Å². The summed E-state index contributed by atoms with van der Waals surface area (Å²) >= 11 is 0. The van der Waals surface area contributed by atoms with Crippen molar-refractivity contribution in [3.05, 3.63) is 112 Å². The SMILES string of the molecule is Cc1ccc([C@H](CN2CCOCC2)NC(=O)c2nn(Cc3ccccc3)c(=O)c3ccccc23)cc1. The van der Waals surface area contributed by atoms with Crippen molar-refractivity contribution in [2.75, 3.05) is 32.8 Å². The van der Waals surface area contributed by atoms with E-state index >= 15 is 0 Å². The first kappa shape index (κ1) is 23.9. The third-order valence-corrected chi connectivity index (χ3v) is 6.59. The van der Waals surface area contributed by atoms with Crippen LogP contribution >= 0.6 is 0 Å². The van der Waals surface area contributed by atoms with Crippen molar-refractivity contribution >= 4 is 16.7 Å². The molecule has 5 rings (SSSR count). The number of fused-ring (bicyclic) bond motifs is 1. The van der Waals surface area contributed by atoms with Crippen LogP contribution in [0, 0.1) is 6.92 Å². The lowest BCUT2D eigenvalue weighted by Gasteiger charge is -2.31. The highest BCUT2D eigenvalue weighted by atomic mass is 16.5. The number of aryl methyl sites for hydroxylation is 1. The molecule has 1 aliphatic rings. The van der Waals surface area contributed by atoms with Crippen molar-refractivity contribution in [2.24, 2.45) is 0 Å². The molecule has 1 amide bonds. The predicted molar refractivity (Wildman–Crippen MR) is 140 cm³/mol. The summed E-state index contributed by atoms with van der Waals surface area (Å²) in [5, 5.41) is 8.82. The molecule has 1 aromatic heterocycles. The molecule has 1 aliphatic heterocycles. The van der Waals surface area contributed by atoms with Gasteiger partial charge in [-0.2, -0.15) is 5.10 Å². The van der Waals surface area contributed by atoms with Gasteiger partial charge in [-0.15, -0.1) is 0 Å². The zero-order chi connectivity index (χ0) is 24.9. The number of rotatable bonds is 7. The Bertz CT molecular complexity index is 1390. The van der Waals surface area contributed by atoms with E-state index in [1.54, 1.807) is 12.1 Å². The summed E-state index contributed by atoms with van der Waals surface area (Å²) in [7, 11) is 0. The highest BCUT2D eigenvalue weighted by Gasteiger charge is 2.23. The molecular formula is C29H30N4O3. The van der Waals surface area contributed by atoms with Crippen LogP contribution in [0.1, 0.15) is 33.2 Å². The molecule has 2 heterocycles. The molecular weight excluding hydrogens is 452 g/mol. The number of benzene rings is 3. The van der Waals surface area contributed by atoms with Crippen molar-refractivity contribution < 1.29 is 9.53 Å². The maximum Gasteiger partial charge on any atom is 0.274 e. The van der Waals surface area contributed by atoms with Crippen LogP contribution in [0.25, 0.3) is 10.8 Å². The minimum Gasteiger partial charge on any atom is -0.379 e. The molecule has 1 N–H and O–H groups in total. The summed E-state index contributed by atoms with van der Waals surface area (Å²) in [6.07, 6.45) is 0. The number of carbonyl (C=O) groups excluding carboxylic acids is 1. The topological polar surface area (TPSA) is 76.5 Å². The van der Waals surface area contributed by atoms with Gasteiger partial charge in [0, 0.05) is 25.0 Å². The second-order valence-corrected chi connectivity index (χ2v) is 9.19. The largest absolute Gasteiger partial charge is 0.379 e. The zero-order valence-electron chi connectivity index (χ0n) is 20.4.